The molecule has 0 bridgehead atoms. The standard InChI is InChI=1S/C10H11ClO2S/c1-8-3-2-4-9(7-8)14-6-5-13-10(11)12/h2-4,7H,5-6H2,1H3. The van der Waals surface area contributed by atoms with Gasteiger partial charge in [0.1, 0.15) is 6.61 Å². The first-order valence-electron chi connectivity index (χ1n) is 4.20. The molecule has 0 amide bonds. The number of rotatable bonds is 4. The van der Waals surface area contributed by atoms with Gasteiger partial charge in [-0.05, 0) is 19.1 Å². The topological polar surface area (TPSA) is 26.3 Å². The van der Waals surface area contributed by atoms with E-state index in [2.05, 4.69) is 10.8 Å². The number of aryl methyl sites for hydroxylation is 1. The van der Waals surface area contributed by atoms with Crippen LogP contribution in [0.15, 0.2) is 29.2 Å². The lowest BCUT2D eigenvalue weighted by molar-refractivity contribution is 0.181. The zero-order valence-corrected chi connectivity index (χ0v) is 9.40. The summed E-state index contributed by atoms with van der Waals surface area (Å²) in [4.78, 5) is 11.4. The normalized spacial score (nSPS) is 9.86. The molecule has 2 nitrogen and oxygen atoms in total. The Kier molecular flexibility index (Phi) is 4.84. The Morgan fingerprint density at radius 1 is 1.57 bits per heavy atom. The quantitative estimate of drug-likeness (QED) is 0.450. The van der Waals surface area contributed by atoms with Crippen LogP contribution in [0.25, 0.3) is 0 Å². The first-order valence-corrected chi connectivity index (χ1v) is 5.56. The molecule has 14 heavy (non-hydrogen) atoms. The van der Waals surface area contributed by atoms with Crippen molar-refractivity contribution in [1.82, 2.24) is 0 Å². The number of hydrogen-bond acceptors (Lipinski definition) is 3. The molecule has 1 rings (SSSR count). The Labute approximate surface area is 92.6 Å². The third-order valence-electron chi connectivity index (χ3n) is 1.56. The summed E-state index contributed by atoms with van der Waals surface area (Å²) < 4.78 is 4.60. The van der Waals surface area contributed by atoms with Gasteiger partial charge in [0.05, 0.1) is 0 Å². The van der Waals surface area contributed by atoms with Crippen molar-refractivity contribution >= 4 is 28.8 Å². The highest BCUT2D eigenvalue weighted by molar-refractivity contribution is 7.99. The molecule has 0 aliphatic carbocycles. The summed E-state index contributed by atoms with van der Waals surface area (Å²) in [6, 6.07) is 8.17. The van der Waals surface area contributed by atoms with Crippen LogP contribution in [-0.4, -0.2) is 17.8 Å². The smallest absolute Gasteiger partial charge is 0.403 e. The van der Waals surface area contributed by atoms with E-state index in [1.165, 1.54) is 10.5 Å². The largest absolute Gasteiger partial charge is 0.453 e. The molecule has 0 fully saturated rings. The van der Waals surface area contributed by atoms with E-state index in [9.17, 15) is 4.79 Å². The molecule has 0 radical (unpaired) electrons. The van der Waals surface area contributed by atoms with E-state index < -0.39 is 5.43 Å². The summed E-state index contributed by atoms with van der Waals surface area (Å²) >= 11 is 6.66. The monoisotopic (exact) mass is 230 g/mol. The minimum Gasteiger partial charge on any atom is -0.453 e. The van der Waals surface area contributed by atoms with Crippen molar-refractivity contribution in [3.05, 3.63) is 29.8 Å². The molecule has 0 unspecified atom stereocenters. The molecule has 0 aliphatic rings. The number of halogens is 1. The van der Waals surface area contributed by atoms with Gasteiger partial charge in [-0.3, -0.25) is 0 Å². The van der Waals surface area contributed by atoms with Gasteiger partial charge in [-0.25, -0.2) is 4.79 Å². The molecular formula is C10H11ClO2S. The molecular weight excluding hydrogens is 220 g/mol. The Morgan fingerprint density at radius 2 is 2.36 bits per heavy atom. The summed E-state index contributed by atoms with van der Waals surface area (Å²) in [5.74, 6) is 0.724. The highest BCUT2D eigenvalue weighted by Crippen LogP contribution is 2.18. The minimum atomic E-state index is -0.741. The Balaban J connectivity index is 2.28. The van der Waals surface area contributed by atoms with Crippen molar-refractivity contribution in [2.45, 2.75) is 11.8 Å². The van der Waals surface area contributed by atoms with Crippen LogP contribution in [0, 0.1) is 6.92 Å². The van der Waals surface area contributed by atoms with Crippen LogP contribution in [0.1, 0.15) is 5.56 Å². The molecule has 0 spiro atoms. The predicted molar refractivity (Wildman–Crippen MR) is 59.1 cm³/mol. The van der Waals surface area contributed by atoms with E-state index >= 15 is 0 Å². The van der Waals surface area contributed by atoms with Gasteiger partial charge in [0.2, 0.25) is 0 Å². The maximum Gasteiger partial charge on any atom is 0.403 e. The Morgan fingerprint density at radius 3 is 3.00 bits per heavy atom. The summed E-state index contributed by atoms with van der Waals surface area (Å²) in [6.07, 6.45) is 0. The molecule has 1 aromatic carbocycles. The van der Waals surface area contributed by atoms with Crippen molar-refractivity contribution in [2.24, 2.45) is 0 Å². The summed E-state index contributed by atoms with van der Waals surface area (Å²) in [5.41, 5.74) is 0.485. The second-order valence-electron chi connectivity index (χ2n) is 2.75. The van der Waals surface area contributed by atoms with Crippen LogP contribution in [0.5, 0.6) is 0 Å². The maximum atomic E-state index is 10.2. The summed E-state index contributed by atoms with van der Waals surface area (Å²) in [7, 11) is 0. The average Bonchev–Trinajstić information content (AvgIpc) is 2.12. The zero-order chi connectivity index (χ0) is 10.4. The van der Waals surface area contributed by atoms with Gasteiger partial charge in [-0.2, -0.15) is 0 Å². The zero-order valence-electron chi connectivity index (χ0n) is 7.83. The lowest BCUT2D eigenvalue weighted by Gasteiger charge is -2.02. The van der Waals surface area contributed by atoms with Crippen molar-refractivity contribution in [1.29, 1.82) is 0 Å². The SMILES string of the molecule is Cc1cccc(SCCOC(=O)Cl)c1. The summed E-state index contributed by atoms with van der Waals surface area (Å²) in [5, 5.41) is 0. The molecule has 76 valence electrons. The molecule has 0 aromatic heterocycles. The van der Waals surface area contributed by atoms with Gasteiger partial charge in [0.15, 0.2) is 0 Å². The fraction of sp³-hybridized carbons (Fsp3) is 0.300. The first-order chi connectivity index (χ1) is 6.68. The van der Waals surface area contributed by atoms with Crippen LogP contribution in [0.2, 0.25) is 0 Å². The van der Waals surface area contributed by atoms with E-state index in [-0.39, 0.29) is 0 Å². The van der Waals surface area contributed by atoms with Crippen LogP contribution < -0.4 is 0 Å². The van der Waals surface area contributed by atoms with Crippen LogP contribution >= 0.6 is 23.4 Å². The van der Waals surface area contributed by atoms with Crippen LogP contribution in [0.4, 0.5) is 4.79 Å². The average molecular weight is 231 g/mol. The number of ether oxygens (including phenoxy) is 1. The van der Waals surface area contributed by atoms with Crippen molar-refractivity contribution in [2.75, 3.05) is 12.4 Å². The third-order valence-corrected chi connectivity index (χ3v) is 2.62. The minimum absolute atomic E-state index is 0.348. The number of carbonyl (C=O) groups is 1. The Bertz CT molecular complexity index is 315. The van der Waals surface area contributed by atoms with Crippen LogP contribution in [0.3, 0.4) is 0 Å². The van der Waals surface area contributed by atoms with E-state index in [0.29, 0.717) is 6.61 Å². The molecule has 0 N–H and O–H groups in total. The van der Waals surface area contributed by atoms with Gasteiger partial charge in [-0.1, -0.05) is 17.7 Å². The number of carbonyl (C=O) groups excluding carboxylic acids is 1. The fourth-order valence-corrected chi connectivity index (χ4v) is 1.91. The number of hydrogen-bond donors (Lipinski definition) is 0. The molecule has 0 saturated heterocycles. The van der Waals surface area contributed by atoms with Crippen molar-refractivity contribution in [3.63, 3.8) is 0 Å². The molecule has 4 heteroatoms. The molecule has 0 heterocycles. The third kappa shape index (κ3) is 4.53. The van der Waals surface area contributed by atoms with Gasteiger partial charge in [0.25, 0.3) is 0 Å². The number of thioether (sulfide) groups is 1. The highest BCUT2D eigenvalue weighted by Gasteiger charge is 1.97. The predicted octanol–water partition coefficient (Wildman–Crippen LogP) is 3.46. The fourth-order valence-electron chi connectivity index (χ4n) is 0.987. The van der Waals surface area contributed by atoms with Crippen molar-refractivity contribution < 1.29 is 9.53 Å². The number of benzene rings is 1. The molecule has 0 saturated carbocycles. The molecule has 1 aromatic rings. The van der Waals surface area contributed by atoms with Gasteiger partial charge in [-0.15, -0.1) is 11.8 Å². The highest BCUT2D eigenvalue weighted by atomic mass is 35.5. The lowest BCUT2D eigenvalue weighted by atomic mass is 10.2. The maximum absolute atomic E-state index is 10.2. The second-order valence-corrected chi connectivity index (χ2v) is 4.23. The van der Waals surface area contributed by atoms with Crippen molar-refractivity contribution in [3.8, 4) is 0 Å². The van der Waals surface area contributed by atoms with Crippen LogP contribution in [-0.2, 0) is 4.74 Å². The second kappa shape index (κ2) is 5.94. The van der Waals surface area contributed by atoms with E-state index in [4.69, 9.17) is 11.6 Å². The Hall–Kier alpha value is -0.670. The van der Waals surface area contributed by atoms with E-state index in [1.54, 1.807) is 11.8 Å². The van der Waals surface area contributed by atoms with Gasteiger partial charge >= 0.3 is 5.43 Å². The molecule has 0 atom stereocenters. The summed E-state index contributed by atoms with van der Waals surface area (Å²) in [6.45, 7) is 2.39. The lowest BCUT2D eigenvalue weighted by Crippen LogP contribution is -1.98. The van der Waals surface area contributed by atoms with E-state index in [0.717, 1.165) is 5.75 Å². The van der Waals surface area contributed by atoms with E-state index in [1.807, 2.05) is 25.1 Å². The van der Waals surface area contributed by atoms with Gasteiger partial charge < -0.3 is 4.74 Å². The first kappa shape index (κ1) is 11.4. The van der Waals surface area contributed by atoms with Gasteiger partial charge in [0, 0.05) is 22.2 Å². The molecule has 0 aliphatic heterocycles.